The van der Waals surface area contributed by atoms with Crippen LogP contribution in [0.25, 0.3) is 0 Å². The number of aromatic nitrogens is 2. The molecule has 0 bridgehead atoms. The first kappa shape index (κ1) is 38.2. The van der Waals surface area contributed by atoms with Crippen LogP contribution in [0.2, 0.25) is 0 Å². The molecule has 11 nitrogen and oxygen atoms in total. The third-order valence-corrected chi connectivity index (χ3v) is 5.50. The number of hydrogen-bond acceptors (Lipinski definition) is 7. The van der Waals surface area contributed by atoms with E-state index in [1.54, 1.807) is 6.20 Å². The summed E-state index contributed by atoms with van der Waals surface area (Å²) in [4.78, 5) is 43.1. The second-order valence-corrected chi connectivity index (χ2v) is 8.68. The summed E-state index contributed by atoms with van der Waals surface area (Å²) in [7, 11) is 0. The number of unbranched alkanes of at least 4 members (excludes halogenated alkanes) is 6. The fraction of sp³-hybridized carbons (Fsp3) is 0.760. The number of nitrogens with two attached hydrogens (primary N) is 1. The Morgan fingerprint density at radius 2 is 1.53 bits per heavy atom. The standard InChI is InChI=1S/C25H46N6O5.2ClH/c1-2-3-4-5-6-7-8-9-23(32)28-12-14-35-16-17-36-15-13-29-25(34)22(31-24(33)10-11-26)18-21-19-27-20-30-21;;/h19-20,22H,2-18,26H2,1H3,(H,27,30)(H,28,32)(H,29,34)(H,31,33);2*1H/t22-;;/m0../s1. The van der Waals surface area contributed by atoms with Crippen LogP contribution in [-0.4, -0.2) is 79.8 Å². The maximum absolute atomic E-state index is 12.5. The molecular weight excluding hydrogens is 535 g/mol. The Hall–Kier alpha value is -1.92. The van der Waals surface area contributed by atoms with Crippen molar-refractivity contribution in [2.24, 2.45) is 5.73 Å². The normalized spacial score (nSPS) is 11.1. The summed E-state index contributed by atoms with van der Waals surface area (Å²) < 4.78 is 10.9. The minimum atomic E-state index is -0.728. The zero-order valence-corrected chi connectivity index (χ0v) is 24.3. The van der Waals surface area contributed by atoms with Gasteiger partial charge in [-0.2, -0.15) is 0 Å². The molecule has 1 rings (SSSR count). The number of nitrogens with one attached hydrogen (secondary N) is 4. The molecule has 1 heterocycles. The van der Waals surface area contributed by atoms with Gasteiger partial charge in [-0.05, 0) is 6.42 Å². The number of carbonyl (C=O) groups is 3. The Balaban J connectivity index is 0. The lowest BCUT2D eigenvalue weighted by atomic mass is 10.1. The largest absolute Gasteiger partial charge is 0.377 e. The number of H-pyrrole nitrogens is 1. The van der Waals surface area contributed by atoms with Crippen LogP contribution >= 0.6 is 24.8 Å². The Kier molecular flexibility index (Phi) is 26.8. The summed E-state index contributed by atoms with van der Waals surface area (Å²) in [6.07, 6.45) is 12.5. The highest BCUT2D eigenvalue weighted by Crippen LogP contribution is 2.08. The van der Waals surface area contributed by atoms with Gasteiger partial charge < -0.3 is 36.1 Å². The molecule has 0 aliphatic rings. The summed E-state index contributed by atoms with van der Waals surface area (Å²) in [6, 6.07) is -0.728. The van der Waals surface area contributed by atoms with Gasteiger partial charge in [-0.1, -0.05) is 45.4 Å². The van der Waals surface area contributed by atoms with E-state index in [1.165, 1.54) is 38.4 Å². The molecule has 1 aromatic rings. The number of aromatic amines is 1. The predicted molar refractivity (Wildman–Crippen MR) is 153 cm³/mol. The Morgan fingerprint density at radius 3 is 2.13 bits per heavy atom. The molecule has 0 fully saturated rings. The van der Waals surface area contributed by atoms with Crippen LogP contribution < -0.4 is 21.7 Å². The molecule has 0 saturated carbocycles. The Morgan fingerprint density at radius 1 is 0.895 bits per heavy atom. The highest BCUT2D eigenvalue weighted by molar-refractivity contribution is 5.87. The lowest BCUT2D eigenvalue weighted by Gasteiger charge is -2.18. The van der Waals surface area contributed by atoms with E-state index in [-0.39, 0.29) is 55.5 Å². The minimum Gasteiger partial charge on any atom is -0.377 e. The van der Waals surface area contributed by atoms with Gasteiger partial charge in [0, 0.05) is 50.8 Å². The molecule has 3 amide bonds. The maximum atomic E-state index is 12.5. The molecule has 0 spiro atoms. The van der Waals surface area contributed by atoms with Crippen molar-refractivity contribution in [2.75, 3.05) is 46.1 Å². The van der Waals surface area contributed by atoms with Gasteiger partial charge in [-0.3, -0.25) is 14.4 Å². The molecular formula is C25H48Cl2N6O5. The van der Waals surface area contributed by atoms with E-state index in [0.29, 0.717) is 52.4 Å². The highest BCUT2D eigenvalue weighted by Gasteiger charge is 2.21. The maximum Gasteiger partial charge on any atom is 0.243 e. The van der Waals surface area contributed by atoms with Crippen molar-refractivity contribution in [3.63, 3.8) is 0 Å². The zero-order chi connectivity index (χ0) is 26.3. The smallest absolute Gasteiger partial charge is 0.243 e. The number of carbonyl (C=O) groups excluding carboxylic acids is 3. The van der Waals surface area contributed by atoms with E-state index in [4.69, 9.17) is 15.2 Å². The number of nitrogens with zero attached hydrogens (tertiary/aromatic N) is 1. The molecule has 6 N–H and O–H groups in total. The van der Waals surface area contributed by atoms with Crippen molar-refractivity contribution in [1.29, 1.82) is 0 Å². The number of halogens is 2. The quantitative estimate of drug-likeness (QED) is 0.123. The van der Waals surface area contributed by atoms with Crippen LogP contribution in [0.4, 0.5) is 0 Å². The monoisotopic (exact) mass is 582 g/mol. The molecule has 38 heavy (non-hydrogen) atoms. The average molecular weight is 584 g/mol. The molecule has 0 unspecified atom stereocenters. The van der Waals surface area contributed by atoms with Crippen molar-refractivity contribution in [2.45, 2.75) is 77.2 Å². The Labute approximate surface area is 239 Å². The fourth-order valence-electron chi connectivity index (χ4n) is 3.51. The van der Waals surface area contributed by atoms with Crippen LogP contribution in [0.3, 0.4) is 0 Å². The molecule has 0 saturated heterocycles. The first-order valence-corrected chi connectivity index (χ1v) is 13.2. The van der Waals surface area contributed by atoms with Crippen molar-refractivity contribution in [3.05, 3.63) is 18.2 Å². The molecule has 1 aromatic heterocycles. The number of imidazole rings is 1. The minimum absolute atomic E-state index is 0. The van der Waals surface area contributed by atoms with Crippen molar-refractivity contribution in [3.8, 4) is 0 Å². The number of ether oxygens (including phenoxy) is 2. The van der Waals surface area contributed by atoms with E-state index in [2.05, 4.69) is 32.8 Å². The third kappa shape index (κ3) is 21.1. The van der Waals surface area contributed by atoms with Crippen molar-refractivity contribution in [1.82, 2.24) is 25.9 Å². The predicted octanol–water partition coefficient (Wildman–Crippen LogP) is 2.04. The molecule has 0 aromatic carbocycles. The van der Waals surface area contributed by atoms with Crippen LogP contribution in [0.5, 0.6) is 0 Å². The molecule has 0 aliphatic heterocycles. The van der Waals surface area contributed by atoms with E-state index in [0.717, 1.165) is 18.5 Å². The van der Waals surface area contributed by atoms with Gasteiger partial charge in [0.05, 0.1) is 32.8 Å². The second kappa shape index (κ2) is 26.7. The van der Waals surface area contributed by atoms with E-state index in [1.807, 2.05) is 0 Å². The van der Waals surface area contributed by atoms with Gasteiger partial charge in [-0.15, -0.1) is 24.8 Å². The summed E-state index contributed by atoms with van der Waals surface area (Å²) in [5.41, 5.74) is 6.15. The summed E-state index contributed by atoms with van der Waals surface area (Å²) in [6.45, 7) is 4.75. The lowest BCUT2D eigenvalue weighted by molar-refractivity contribution is -0.129. The molecule has 13 heteroatoms. The zero-order valence-electron chi connectivity index (χ0n) is 22.6. The summed E-state index contributed by atoms with van der Waals surface area (Å²) in [5.74, 6) is -0.509. The number of rotatable bonds is 23. The number of amides is 3. The first-order chi connectivity index (χ1) is 17.6. The van der Waals surface area contributed by atoms with Crippen LogP contribution in [0.1, 0.15) is 70.4 Å². The molecule has 1 atom stereocenters. The van der Waals surface area contributed by atoms with Crippen molar-refractivity contribution < 1.29 is 23.9 Å². The van der Waals surface area contributed by atoms with Gasteiger partial charge in [0.2, 0.25) is 17.7 Å². The lowest BCUT2D eigenvalue weighted by Crippen LogP contribution is -2.49. The highest BCUT2D eigenvalue weighted by atomic mass is 35.5. The van der Waals surface area contributed by atoms with E-state index in [9.17, 15) is 14.4 Å². The summed E-state index contributed by atoms with van der Waals surface area (Å²) in [5, 5.41) is 8.34. The van der Waals surface area contributed by atoms with Gasteiger partial charge in [-0.25, -0.2) is 4.98 Å². The van der Waals surface area contributed by atoms with Gasteiger partial charge in [0.25, 0.3) is 0 Å². The Bertz CT molecular complexity index is 712. The number of hydrogen-bond donors (Lipinski definition) is 5. The summed E-state index contributed by atoms with van der Waals surface area (Å²) >= 11 is 0. The van der Waals surface area contributed by atoms with E-state index >= 15 is 0 Å². The van der Waals surface area contributed by atoms with Gasteiger partial charge >= 0.3 is 0 Å². The first-order valence-electron chi connectivity index (χ1n) is 13.2. The molecule has 0 radical (unpaired) electrons. The molecule has 0 aliphatic carbocycles. The second-order valence-electron chi connectivity index (χ2n) is 8.68. The van der Waals surface area contributed by atoms with Gasteiger partial charge in [0.15, 0.2) is 0 Å². The van der Waals surface area contributed by atoms with Crippen LogP contribution in [0.15, 0.2) is 12.5 Å². The van der Waals surface area contributed by atoms with E-state index < -0.39 is 6.04 Å². The van der Waals surface area contributed by atoms with Crippen LogP contribution in [0, 0.1) is 0 Å². The third-order valence-electron chi connectivity index (χ3n) is 5.50. The topological polar surface area (TPSA) is 160 Å². The van der Waals surface area contributed by atoms with Gasteiger partial charge in [0.1, 0.15) is 6.04 Å². The average Bonchev–Trinajstić information content (AvgIpc) is 3.37. The van der Waals surface area contributed by atoms with Crippen LogP contribution in [-0.2, 0) is 30.3 Å². The molecule has 222 valence electrons. The fourth-order valence-corrected chi connectivity index (χ4v) is 3.51. The van der Waals surface area contributed by atoms with Crippen molar-refractivity contribution >= 4 is 42.5 Å². The SMILES string of the molecule is CCCCCCCCCC(=O)NCCOCCOCCNC(=O)[C@H](Cc1cnc[nH]1)NC(=O)CCN.Cl.Cl.